The lowest BCUT2D eigenvalue weighted by molar-refractivity contribution is 0.0813. The van der Waals surface area contributed by atoms with Crippen LogP contribution in [0.25, 0.3) is 0 Å². The number of hydrogen-bond acceptors (Lipinski definition) is 7. The number of amides is 1. The Bertz CT molecular complexity index is 1040. The maximum absolute atomic E-state index is 13.6. The van der Waals surface area contributed by atoms with Gasteiger partial charge in [0, 0.05) is 36.9 Å². The van der Waals surface area contributed by atoms with E-state index < -0.39 is 22.9 Å². The predicted molar refractivity (Wildman–Crippen MR) is 159 cm³/mol. The SMILES string of the molecule is CCNc1cc(C(=O)N[C@@H](Cc2ccccc2)[C@H](O)CN[C@@H](C)C(C)(C)C)cc(N2CCCCS2(O)O)c1. The molecular weight excluding hydrogens is 500 g/mol. The van der Waals surface area contributed by atoms with Crippen LogP contribution in [0.1, 0.15) is 63.4 Å². The number of hydrogen-bond donors (Lipinski definition) is 6. The van der Waals surface area contributed by atoms with Crippen LogP contribution in [-0.2, 0) is 6.42 Å². The summed E-state index contributed by atoms with van der Waals surface area (Å²) in [6.07, 6.45) is 1.29. The monoisotopic (exact) mass is 546 g/mol. The molecule has 0 spiro atoms. The molecule has 38 heavy (non-hydrogen) atoms. The Balaban J connectivity index is 1.85. The summed E-state index contributed by atoms with van der Waals surface area (Å²) >= 11 is 0. The van der Waals surface area contributed by atoms with E-state index in [0.717, 1.165) is 24.1 Å². The number of benzene rings is 2. The summed E-state index contributed by atoms with van der Waals surface area (Å²) in [5, 5.41) is 20.9. The Labute approximate surface area is 229 Å². The van der Waals surface area contributed by atoms with E-state index in [1.807, 2.05) is 43.3 Å². The Morgan fingerprint density at radius 2 is 1.82 bits per heavy atom. The van der Waals surface area contributed by atoms with Crippen LogP contribution < -0.4 is 20.3 Å². The van der Waals surface area contributed by atoms with Gasteiger partial charge in [0.25, 0.3) is 5.91 Å². The quantitative estimate of drug-likeness (QED) is 0.232. The number of nitrogens with one attached hydrogen (secondary N) is 3. The van der Waals surface area contributed by atoms with Crippen LogP contribution in [0.5, 0.6) is 0 Å². The summed E-state index contributed by atoms with van der Waals surface area (Å²) in [6, 6.07) is 14.8. The Hall–Kier alpha value is -2.30. The molecule has 2 aromatic rings. The van der Waals surface area contributed by atoms with Crippen molar-refractivity contribution in [1.82, 2.24) is 10.6 Å². The third-order valence-electron chi connectivity index (χ3n) is 7.24. The van der Waals surface area contributed by atoms with Gasteiger partial charge in [0.1, 0.15) is 0 Å². The van der Waals surface area contributed by atoms with Crippen molar-refractivity contribution >= 4 is 28.1 Å². The maximum atomic E-state index is 13.6. The number of aliphatic hydroxyl groups excluding tert-OH is 1. The summed E-state index contributed by atoms with van der Waals surface area (Å²) < 4.78 is 23.0. The first kappa shape index (κ1) is 30.2. The van der Waals surface area contributed by atoms with Crippen molar-refractivity contribution in [2.24, 2.45) is 5.41 Å². The highest BCUT2D eigenvalue weighted by molar-refractivity contribution is 8.25. The Kier molecular flexibility index (Phi) is 10.5. The number of carbonyl (C=O) groups excluding carboxylic acids is 1. The normalized spacial score (nSPS) is 18.8. The molecule has 1 fully saturated rings. The molecule has 1 heterocycles. The molecule has 212 valence electrons. The standard InChI is InChI=1S/C29H46N4O4S/c1-6-30-24-17-23(18-25(19-24)33-14-10-11-15-38(33,36)37)28(35)32-26(16-22-12-8-7-9-13-22)27(34)20-31-21(2)29(3,4)5/h7-9,12-13,17-19,21,26-27,30-31,34,36-37H,6,10-11,14-16,20H2,1-5H3,(H,32,35)/t21-,26-,27+/m0/s1. The highest BCUT2D eigenvalue weighted by Crippen LogP contribution is 2.50. The molecule has 0 bridgehead atoms. The second-order valence-corrected chi connectivity index (χ2v) is 13.4. The van der Waals surface area contributed by atoms with E-state index in [2.05, 4.69) is 43.6 Å². The van der Waals surface area contributed by atoms with Crippen molar-refractivity contribution in [1.29, 1.82) is 0 Å². The number of carbonyl (C=O) groups is 1. The zero-order valence-electron chi connectivity index (χ0n) is 23.4. The van der Waals surface area contributed by atoms with Gasteiger partial charge in [-0.25, -0.2) is 0 Å². The third kappa shape index (κ3) is 8.35. The first-order valence-electron chi connectivity index (χ1n) is 13.6. The molecule has 0 aliphatic carbocycles. The molecule has 1 aliphatic heterocycles. The van der Waals surface area contributed by atoms with Crippen molar-refractivity contribution in [3.63, 3.8) is 0 Å². The fraction of sp³-hybridized carbons (Fsp3) is 0.552. The van der Waals surface area contributed by atoms with Crippen molar-refractivity contribution in [3.05, 3.63) is 59.7 Å². The van der Waals surface area contributed by atoms with Crippen molar-refractivity contribution in [2.45, 2.75) is 72.1 Å². The highest BCUT2D eigenvalue weighted by atomic mass is 32.3. The smallest absolute Gasteiger partial charge is 0.251 e. The van der Waals surface area contributed by atoms with Crippen molar-refractivity contribution in [2.75, 3.05) is 35.0 Å². The second kappa shape index (κ2) is 13.2. The molecule has 0 saturated carbocycles. The van der Waals surface area contributed by atoms with Crippen molar-refractivity contribution in [3.8, 4) is 0 Å². The van der Waals surface area contributed by atoms with Gasteiger partial charge in [-0.05, 0) is 62.3 Å². The number of anilines is 2. The van der Waals surface area contributed by atoms with E-state index in [-0.39, 0.29) is 17.4 Å². The lowest BCUT2D eigenvalue weighted by Crippen LogP contribution is -2.51. The van der Waals surface area contributed by atoms with Crippen LogP contribution in [0.15, 0.2) is 48.5 Å². The molecule has 3 atom stereocenters. The lowest BCUT2D eigenvalue weighted by Gasteiger charge is -2.47. The molecule has 1 saturated heterocycles. The number of aliphatic hydroxyl groups is 1. The third-order valence-corrected chi connectivity index (χ3v) is 9.18. The topological polar surface area (TPSA) is 117 Å². The Morgan fingerprint density at radius 1 is 1.11 bits per heavy atom. The summed E-state index contributed by atoms with van der Waals surface area (Å²) in [7, 11) is -2.93. The van der Waals surface area contributed by atoms with Crippen LogP contribution in [0.3, 0.4) is 0 Å². The maximum Gasteiger partial charge on any atom is 0.251 e. The van der Waals surface area contributed by atoms with E-state index in [1.165, 1.54) is 0 Å². The Morgan fingerprint density at radius 3 is 2.45 bits per heavy atom. The van der Waals surface area contributed by atoms with Gasteiger partial charge in [-0.3, -0.25) is 18.2 Å². The van der Waals surface area contributed by atoms with Gasteiger partial charge in [-0.2, -0.15) is 0 Å². The summed E-state index contributed by atoms with van der Waals surface area (Å²) in [4.78, 5) is 13.6. The van der Waals surface area contributed by atoms with Gasteiger partial charge in [0.05, 0.1) is 23.6 Å². The van der Waals surface area contributed by atoms with Crippen LogP contribution >= 0.6 is 10.8 Å². The van der Waals surface area contributed by atoms with Crippen LogP contribution in [0.2, 0.25) is 0 Å². The van der Waals surface area contributed by atoms with Gasteiger partial charge in [0.2, 0.25) is 0 Å². The molecule has 3 rings (SSSR count). The van der Waals surface area contributed by atoms with E-state index in [0.29, 0.717) is 43.1 Å². The number of rotatable bonds is 11. The summed E-state index contributed by atoms with van der Waals surface area (Å²) in [6.45, 7) is 12.0. The predicted octanol–water partition coefficient (Wildman–Crippen LogP) is 5.11. The lowest BCUT2D eigenvalue weighted by atomic mass is 9.88. The van der Waals surface area contributed by atoms with E-state index in [4.69, 9.17) is 0 Å². The molecule has 0 unspecified atom stereocenters. The molecule has 6 N–H and O–H groups in total. The molecule has 8 nitrogen and oxygen atoms in total. The fourth-order valence-corrected chi connectivity index (χ4v) is 6.12. The zero-order chi connectivity index (χ0) is 27.9. The van der Waals surface area contributed by atoms with E-state index >= 15 is 0 Å². The van der Waals surface area contributed by atoms with Gasteiger partial charge in [-0.1, -0.05) is 51.1 Å². The molecule has 1 amide bonds. The minimum absolute atomic E-state index is 0.0338. The molecule has 0 aromatic heterocycles. The largest absolute Gasteiger partial charge is 0.390 e. The second-order valence-electron chi connectivity index (χ2n) is 11.3. The van der Waals surface area contributed by atoms with Crippen molar-refractivity contribution < 1.29 is 19.0 Å². The summed E-state index contributed by atoms with van der Waals surface area (Å²) in [5.41, 5.74) is 2.79. The van der Waals surface area contributed by atoms with Gasteiger partial charge < -0.3 is 21.1 Å². The van der Waals surface area contributed by atoms with Crippen LogP contribution in [-0.4, -0.2) is 63.7 Å². The minimum Gasteiger partial charge on any atom is -0.390 e. The van der Waals surface area contributed by atoms with Crippen LogP contribution in [0, 0.1) is 5.41 Å². The van der Waals surface area contributed by atoms with E-state index in [1.54, 1.807) is 16.4 Å². The molecule has 2 aromatic carbocycles. The average Bonchev–Trinajstić information content (AvgIpc) is 2.86. The fourth-order valence-electron chi connectivity index (χ4n) is 4.45. The average molecular weight is 547 g/mol. The van der Waals surface area contributed by atoms with Gasteiger partial charge in [-0.15, -0.1) is 10.8 Å². The molecule has 1 aliphatic rings. The van der Waals surface area contributed by atoms with Gasteiger partial charge in [0.15, 0.2) is 0 Å². The first-order chi connectivity index (χ1) is 17.9. The van der Waals surface area contributed by atoms with Gasteiger partial charge >= 0.3 is 0 Å². The number of nitrogens with zero attached hydrogens (tertiary/aromatic N) is 1. The first-order valence-corrected chi connectivity index (χ1v) is 15.3. The molecule has 9 heteroatoms. The zero-order valence-corrected chi connectivity index (χ0v) is 24.2. The molecular formula is C29H46N4O4S. The van der Waals surface area contributed by atoms with E-state index in [9.17, 15) is 19.0 Å². The summed E-state index contributed by atoms with van der Waals surface area (Å²) in [5.74, 6) is 0.00835. The highest BCUT2D eigenvalue weighted by Gasteiger charge is 2.29. The minimum atomic E-state index is -2.93. The molecule has 0 radical (unpaired) electrons. The van der Waals surface area contributed by atoms with Crippen LogP contribution in [0.4, 0.5) is 11.4 Å².